The van der Waals surface area contributed by atoms with Crippen molar-refractivity contribution in [1.29, 1.82) is 0 Å². The van der Waals surface area contributed by atoms with Gasteiger partial charge in [-0.25, -0.2) is 9.37 Å². The van der Waals surface area contributed by atoms with E-state index in [4.69, 9.17) is 4.74 Å². The number of fused-ring (bicyclic) bond motifs is 1. The van der Waals surface area contributed by atoms with Crippen molar-refractivity contribution in [2.24, 2.45) is 0 Å². The van der Waals surface area contributed by atoms with Gasteiger partial charge in [-0.15, -0.1) is 11.3 Å². The number of alkyl halides is 1. The maximum absolute atomic E-state index is 12.7. The number of hydrogen-bond acceptors (Lipinski definition) is 4. The third-order valence-corrected chi connectivity index (χ3v) is 4.31. The highest BCUT2D eigenvalue weighted by molar-refractivity contribution is 7.18. The van der Waals surface area contributed by atoms with E-state index in [1.165, 1.54) is 15.9 Å². The summed E-state index contributed by atoms with van der Waals surface area (Å²) in [4.78, 5) is 18.8. The van der Waals surface area contributed by atoms with Crippen LogP contribution in [0.3, 0.4) is 0 Å². The van der Waals surface area contributed by atoms with Gasteiger partial charge in [0.2, 0.25) is 0 Å². The van der Waals surface area contributed by atoms with Gasteiger partial charge >= 0.3 is 0 Å². The zero-order valence-corrected chi connectivity index (χ0v) is 12.1. The number of ether oxygens (including phenoxy) is 1. The lowest BCUT2D eigenvalue weighted by Gasteiger charge is -2.10. The quantitative estimate of drug-likeness (QED) is 0.845. The topological polar surface area (TPSA) is 44.1 Å². The summed E-state index contributed by atoms with van der Waals surface area (Å²) in [5.74, 6) is 0.596. The fourth-order valence-corrected chi connectivity index (χ4v) is 3.11. The second-order valence-electron chi connectivity index (χ2n) is 4.38. The molecule has 0 saturated heterocycles. The van der Waals surface area contributed by atoms with Crippen molar-refractivity contribution in [3.05, 3.63) is 26.6 Å². The average Bonchev–Trinajstić information content (AvgIpc) is 2.66. The highest BCUT2D eigenvalue weighted by Gasteiger charge is 2.15. The second-order valence-corrected chi connectivity index (χ2v) is 5.58. The van der Waals surface area contributed by atoms with Crippen LogP contribution in [-0.2, 0) is 17.7 Å². The van der Waals surface area contributed by atoms with Gasteiger partial charge in [-0.2, -0.15) is 0 Å². The fraction of sp³-hybridized carbons (Fsp3) is 0.538. The minimum Gasteiger partial charge on any atom is -0.384 e. The number of aromatic nitrogens is 2. The molecule has 2 heterocycles. The summed E-state index contributed by atoms with van der Waals surface area (Å²) >= 11 is 1.51. The average molecular weight is 284 g/mol. The number of methoxy groups -OCH3 is 1. The molecule has 0 spiro atoms. The minimum atomic E-state index is -0.574. The van der Waals surface area contributed by atoms with Crippen LogP contribution in [0.25, 0.3) is 10.2 Å². The summed E-state index contributed by atoms with van der Waals surface area (Å²) in [6.07, 6.45) is 0.512. The van der Waals surface area contributed by atoms with Gasteiger partial charge in [-0.05, 0) is 19.4 Å². The molecule has 0 aliphatic heterocycles. The molecular weight excluding hydrogens is 267 g/mol. The summed E-state index contributed by atoms with van der Waals surface area (Å²) in [6.45, 7) is 3.82. The third kappa shape index (κ3) is 2.55. The van der Waals surface area contributed by atoms with Crippen molar-refractivity contribution >= 4 is 21.6 Å². The molecule has 0 fully saturated rings. The van der Waals surface area contributed by atoms with Crippen molar-refractivity contribution in [3.8, 4) is 0 Å². The molecule has 0 aromatic carbocycles. The maximum atomic E-state index is 12.7. The molecule has 2 aromatic heterocycles. The Kier molecular flexibility index (Phi) is 4.31. The smallest absolute Gasteiger partial charge is 0.262 e. The van der Waals surface area contributed by atoms with E-state index in [2.05, 4.69) is 4.98 Å². The van der Waals surface area contributed by atoms with Gasteiger partial charge in [0.05, 0.1) is 18.5 Å². The van der Waals surface area contributed by atoms with E-state index in [1.54, 1.807) is 7.11 Å². The number of halogens is 1. The Bertz CT molecular complexity index is 648. The number of aryl methyl sites for hydroxylation is 2. The van der Waals surface area contributed by atoms with E-state index < -0.39 is 6.67 Å². The maximum Gasteiger partial charge on any atom is 0.262 e. The molecule has 4 nitrogen and oxygen atoms in total. The van der Waals surface area contributed by atoms with Crippen molar-refractivity contribution in [3.63, 3.8) is 0 Å². The van der Waals surface area contributed by atoms with Crippen LogP contribution in [0.4, 0.5) is 4.39 Å². The standard InChI is InChI=1S/C13H17FN2O2S/c1-8-9(2)19-12-11(8)13(17)16(6-5-14)10(15-12)4-7-18-3/h4-7H2,1-3H3. The largest absolute Gasteiger partial charge is 0.384 e. The van der Waals surface area contributed by atoms with Crippen molar-refractivity contribution in [1.82, 2.24) is 9.55 Å². The van der Waals surface area contributed by atoms with Gasteiger partial charge in [0.25, 0.3) is 5.56 Å². The fourth-order valence-electron chi connectivity index (χ4n) is 2.07. The highest BCUT2D eigenvalue weighted by atomic mass is 32.1. The van der Waals surface area contributed by atoms with E-state index in [-0.39, 0.29) is 12.1 Å². The Morgan fingerprint density at radius 2 is 2.16 bits per heavy atom. The second kappa shape index (κ2) is 5.79. The van der Waals surface area contributed by atoms with Crippen LogP contribution >= 0.6 is 11.3 Å². The van der Waals surface area contributed by atoms with Gasteiger partial charge in [-0.3, -0.25) is 9.36 Å². The lowest BCUT2D eigenvalue weighted by molar-refractivity contribution is 0.199. The van der Waals surface area contributed by atoms with Crippen LogP contribution in [0.2, 0.25) is 0 Å². The molecule has 0 amide bonds. The molecule has 0 aliphatic carbocycles. The van der Waals surface area contributed by atoms with Gasteiger partial charge in [-0.1, -0.05) is 0 Å². The number of nitrogens with zero attached hydrogens (tertiary/aromatic N) is 2. The number of rotatable bonds is 5. The third-order valence-electron chi connectivity index (χ3n) is 3.21. The molecule has 2 rings (SSSR count). The van der Waals surface area contributed by atoms with Gasteiger partial charge in [0.1, 0.15) is 17.3 Å². The van der Waals surface area contributed by atoms with Crippen LogP contribution in [0.15, 0.2) is 4.79 Å². The van der Waals surface area contributed by atoms with Crippen molar-refractivity contribution in [2.45, 2.75) is 26.8 Å². The zero-order chi connectivity index (χ0) is 14.0. The van der Waals surface area contributed by atoms with Gasteiger partial charge in [0, 0.05) is 18.4 Å². The Hall–Kier alpha value is -1.27. The molecule has 0 bridgehead atoms. The van der Waals surface area contributed by atoms with E-state index in [0.29, 0.717) is 24.2 Å². The van der Waals surface area contributed by atoms with E-state index in [0.717, 1.165) is 15.3 Å². The first-order valence-corrected chi connectivity index (χ1v) is 6.96. The van der Waals surface area contributed by atoms with Gasteiger partial charge < -0.3 is 4.74 Å². The molecule has 0 saturated carbocycles. The molecule has 0 atom stereocenters. The Morgan fingerprint density at radius 1 is 1.42 bits per heavy atom. The van der Waals surface area contributed by atoms with Crippen LogP contribution in [-0.4, -0.2) is 29.9 Å². The molecule has 104 valence electrons. The molecular formula is C13H17FN2O2S. The van der Waals surface area contributed by atoms with Crippen LogP contribution in [0, 0.1) is 13.8 Å². The minimum absolute atomic E-state index is 0.0507. The first-order chi connectivity index (χ1) is 9.10. The van der Waals surface area contributed by atoms with Crippen molar-refractivity contribution < 1.29 is 9.13 Å². The van der Waals surface area contributed by atoms with E-state index >= 15 is 0 Å². The molecule has 19 heavy (non-hydrogen) atoms. The lowest BCUT2D eigenvalue weighted by atomic mass is 10.2. The SMILES string of the molecule is COCCc1nc2sc(C)c(C)c2c(=O)n1CCF. The Morgan fingerprint density at radius 3 is 2.79 bits per heavy atom. The van der Waals surface area contributed by atoms with Gasteiger partial charge in [0.15, 0.2) is 0 Å². The normalized spacial score (nSPS) is 11.4. The van der Waals surface area contributed by atoms with Crippen LogP contribution in [0.1, 0.15) is 16.3 Å². The van der Waals surface area contributed by atoms with E-state index in [9.17, 15) is 9.18 Å². The summed E-state index contributed by atoms with van der Waals surface area (Å²) < 4.78 is 19.1. The zero-order valence-electron chi connectivity index (χ0n) is 11.3. The first-order valence-electron chi connectivity index (χ1n) is 6.14. The monoisotopic (exact) mass is 284 g/mol. The first kappa shape index (κ1) is 14.1. The molecule has 0 unspecified atom stereocenters. The molecule has 2 aromatic rings. The number of thiophene rings is 1. The summed E-state index contributed by atoms with van der Waals surface area (Å²) in [6, 6.07) is 0. The van der Waals surface area contributed by atoms with Crippen molar-refractivity contribution in [2.75, 3.05) is 20.4 Å². The Labute approximate surface area is 114 Å². The summed E-state index contributed by atoms with van der Waals surface area (Å²) in [5, 5.41) is 0.622. The van der Waals surface area contributed by atoms with Crippen LogP contribution < -0.4 is 5.56 Å². The highest BCUT2D eigenvalue weighted by Crippen LogP contribution is 2.26. The molecule has 0 N–H and O–H groups in total. The molecule has 6 heteroatoms. The predicted octanol–water partition coefficient (Wildman–Crippen LogP) is 2.23. The molecule has 0 radical (unpaired) electrons. The predicted molar refractivity (Wildman–Crippen MR) is 74.9 cm³/mol. The lowest BCUT2D eigenvalue weighted by Crippen LogP contribution is -2.26. The Balaban J connectivity index is 2.66. The van der Waals surface area contributed by atoms with E-state index in [1.807, 2.05) is 13.8 Å². The summed E-state index contributed by atoms with van der Waals surface area (Å²) in [7, 11) is 1.59. The summed E-state index contributed by atoms with van der Waals surface area (Å²) in [5.41, 5.74) is 0.805. The van der Waals surface area contributed by atoms with Crippen LogP contribution in [0.5, 0.6) is 0 Å². The number of hydrogen-bond donors (Lipinski definition) is 0. The molecule has 0 aliphatic rings.